The maximum absolute atomic E-state index is 12.4. The number of nitrogens with one attached hydrogen (secondary N) is 1. The topological polar surface area (TPSA) is 69.0 Å². The van der Waals surface area contributed by atoms with Gasteiger partial charge in [-0.2, -0.15) is 0 Å². The second-order valence-corrected chi connectivity index (χ2v) is 9.28. The number of ether oxygens (including phenoxy) is 1. The minimum Gasteiger partial charge on any atom is -0.456 e. The molecular formula is C23H20N4O2S2. The maximum atomic E-state index is 12.4. The van der Waals surface area contributed by atoms with Gasteiger partial charge in [0.15, 0.2) is 0 Å². The van der Waals surface area contributed by atoms with Crippen LogP contribution < -0.4 is 10.1 Å². The summed E-state index contributed by atoms with van der Waals surface area (Å²) in [7, 11) is 3.64. The van der Waals surface area contributed by atoms with Gasteiger partial charge in [0, 0.05) is 53.7 Å². The Morgan fingerprint density at radius 1 is 1.16 bits per heavy atom. The fourth-order valence-electron chi connectivity index (χ4n) is 3.65. The summed E-state index contributed by atoms with van der Waals surface area (Å²) in [5.41, 5.74) is 1.65. The molecule has 5 rings (SSSR count). The molecule has 156 valence electrons. The highest BCUT2D eigenvalue weighted by molar-refractivity contribution is 7.22. The molecule has 0 fully saturated rings. The molecule has 0 aliphatic rings. The van der Waals surface area contributed by atoms with Crippen molar-refractivity contribution in [1.82, 2.24) is 19.9 Å². The summed E-state index contributed by atoms with van der Waals surface area (Å²) in [6.07, 6.45) is 6.29. The molecule has 31 heavy (non-hydrogen) atoms. The third-order valence-electron chi connectivity index (χ3n) is 5.15. The molecule has 0 saturated carbocycles. The number of aromatic nitrogens is 3. The zero-order chi connectivity index (χ0) is 21.5. The van der Waals surface area contributed by atoms with E-state index in [4.69, 9.17) is 4.74 Å². The molecule has 0 aliphatic carbocycles. The van der Waals surface area contributed by atoms with E-state index in [1.54, 1.807) is 42.1 Å². The van der Waals surface area contributed by atoms with E-state index in [0.717, 1.165) is 59.4 Å². The SMILES string of the molecule is CCc1sc2cc(Oc3ccnc4cc(-c5nccn5C)sc34)ccc2c1C(=O)NC. The smallest absolute Gasteiger partial charge is 0.252 e. The lowest BCUT2D eigenvalue weighted by atomic mass is 10.1. The van der Waals surface area contributed by atoms with Crippen molar-refractivity contribution in [2.75, 3.05) is 7.05 Å². The van der Waals surface area contributed by atoms with Gasteiger partial charge in [0.1, 0.15) is 17.3 Å². The predicted molar refractivity (Wildman–Crippen MR) is 126 cm³/mol. The molecule has 6 nitrogen and oxygen atoms in total. The molecule has 5 aromatic rings. The molecule has 0 saturated heterocycles. The van der Waals surface area contributed by atoms with Crippen LogP contribution in [-0.2, 0) is 13.5 Å². The van der Waals surface area contributed by atoms with Crippen molar-refractivity contribution < 1.29 is 9.53 Å². The van der Waals surface area contributed by atoms with Crippen LogP contribution in [0.1, 0.15) is 22.2 Å². The summed E-state index contributed by atoms with van der Waals surface area (Å²) in [5.74, 6) is 2.35. The number of rotatable bonds is 5. The van der Waals surface area contributed by atoms with Crippen molar-refractivity contribution in [3.8, 4) is 22.2 Å². The summed E-state index contributed by atoms with van der Waals surface area (Å²) < 4.78 is 10.3. The zero-order valence-corrected chi connectivity index (χ0v) is 18.9. The third-order valence-corrected chi connectivity index (χ3v) is 7.59. The molecule has 0 spiro atoms. The number of thiophene rings is 2. The van der Waals surface area contributed by atoms with Crippen LogP contribution in [0.3, 0.4) is 0 Å². The van der Waals surface area contributed by atoms with E-state index in [2.05, 4.69) is 22.2 Å². The molecule has 1 amide bonds. The molecule has 0 bridgehead atoms. The molecule has 0 radical (unpaired) electrons. The summed E-state index contributed by atoms with van der Waals surface area (Å²) in [5, 5.41) is 3.71. The summed E-state index contributed by atoms with van der Waals surface area (Å²) in [6, 6.07) is 9.82. The van der Waals surface area contributed by atoms with E-state index in [1.165, 1.54) is 0 Å². The third kappa shape index (κ3) is 3.37. The van der Waals surface area contributed by atoms with Gasteiger partial charge in [-0.25, -0.2) is 4.98 Å². The van der Waals surface area contributed by atoms with E-state index < -0.39 is 0 Å². The first-order chi connectivity index (χ1) is 15.1. The number of carbonyl (C=O) groups excluding carboxylic acids is 1. The summed E-state index contributed by atoms with van der Waals surface area (Å²) in [4.78, 5) is 23.4. The van der Waals surface area contributed by atoms with Crippen molar-refractivity contribution in [3.05, 3.63) is 59.4 Å². The van der Waals surface area contributed by atoms with Crippen LogP contribution in [0.5, 0.6) is 11.5 Å². The van der Waals surface area contributed by atoms with Gasteiger partial charge >= 0.3 is 0 Å². The van der Waals surface area contributed by atoms with Crippen LogP contribution in [0.4, 0.5) is 0 Å². The minimum absolute atomic E-state index is 0.0481. The first-order valence-electron chi connectivity index (χ1n) is 9.90. The molecule has 4 heterocycles. The van der Waals surface area contributed by atoms with Crippen molar-refractivity contribution in [3.63, 3.8) is 0 Å². The summed E-state index contributed by atoms with van der Waals surface area (Å²) >= 11 is 3.25. The van der Waals surface area contributed by atoms with Crippen molar-refractivity contribution in [1.29, 1.82) is 0 Å². The highest BCUT2D eigenvalue weighted by Crippen LogP contribution is 2.40. The molecule has 0 atom stereocenters. The van der Waals surface area contributed by atoms with E-state index in [1.807, 2.05) is 48.1 Å². The second kappa shape index (κ2) is 7.79. The Morgan fingerprint density at radius 2 is 2.03 bits per heavy atom. The number of hydrogen-bond acceptors (Lipinski definition) is 6. The molecule has 1 aromatic carbocycles. The van der Waals surface area contributed by atoms with Crippen LogP contribution >= 0.6 is 22.7 Å². The van der Waals surface area contributed by atoms with Gasteiger partial charge in [-0.15, -0.1) is 22.7 Å². The van der Waals surface area contributed by atoms with E-state index in [-0.39, 0.29) is 5.91 Å². The molecule has 0 unspecified atom stereocenters. The van der Waals surface area contributed by atoms with Gasteiger partial charge in [-0.3, -0.25) is 9.78 Å². The lowest BCUT2D eigenvalue weighted by Crippen LogP contribution is -2.18. The monoisotopic (exact) mass is 448 g/mol. The first-order valence-corrected chi connectivity index (χ1v) is 11.5. The fourth-order valence-corrected chi connectivity index (χ4v) is 5.92. The first kappa shape index (κ1) is 19.7. The van der Waals surface area contributed by atoms with Crippen LogP contribution in [-0.4, -0.2) is 27.5 Å². The van der Waals surface area contributed by atoms with Gasteiger partial charge in [0.2, 0.25) is 0 Å². The normalized spacial score (nSPS) is 11.3. The number of hydrogen-bond donors (Lipinski definition) is 1. The lowest BCUT2D eigenvalue weighted by Gasteiger charge is -2.07. The molecule has 8 heteroatoms. The van der Waals surface area contributed by atoms with Crippen LogP contribution in [0, 0.1) is 0 Å². The van der Waals surface area contributed by atoms with Gasteiger partial charge in [-0.05, 0) is 30.7 Å². The number of aryl methyl sites for hydroxylation is 2. The number of carbonyl (C=O) groups is 1. The highest BCUT2D eigenvalue weighted by Gasteiger charge is 2.18. The number of amides is 1. The molecule has 4 aromatic heterocycles. The second-order valence-electron chi connectivity index (χ2n) is 7.09. The number of fused-ring (bicyclic) bond motifs is 2. The van der Waals surface area contributed by atoms with E-state index in [9.17, 15) is 4.79 Å². The van der Waals surface area contributed by atoms with Crippen LogP contribution in [0.2, 0.25) is 0 Å². The Kier molecular flexibility index (Phi) is 4.95. The van der Waals surface area contributed by atoms with Crippen molar-refractivity contribution in [2.45, 2.75) is 13.3 Å². The lowest BCUT2D eigenvalue weighted by molar-refractivity contribution is 0.0964. The Bertz CT molecular complexity index is 1430. The van der Waals surface area contributed by atoms with Crippen molar-refractivity contribution >= 4 is 48.9 Å². The minimum atomic E-state index is -0.0481. The van der Waals surface area contributed by atoms with Gasteiger partial charge in [0.25, 0.3) is 5.91 Å². The predicted octanol–water partition coefficient (Wildman–Crippen LogP) is 5.63. The average molecular weight is 449 g/mol. The number of nitrogens with zero attached hydrogens (tertiary/aromatic N) is 3. The highest BCUT2D eigenvalue weighted by atomic mass is 32.1. The summed E-state index contributed by atoms with van der Waals surface area (Å²) in [6.45, 7) is 2.07. The number of imidazole rings is 1. The van der Waals surface area contributed by atoms with Gasteiger partial charge in [-0.1, -0.05) is 6.92 Å². The van der Waals surface area contributed by atoms with E-state index in [0.29, 0.717) is 0 Å². The quantitative estimate of drug-likeness (QED) is 0.379. The molecule has 1 N–H and O–H groups in total. The standard InChI is InChI=1S/C23H20N4O2S2/c1-4-17-20(23(28)24-2)14-6-5-13(11-18(14)30-17)29-16-7-8-25-15-12-19(31-21(15)16)22-26-9-10-27(22)3/h5-12H,4H2,1-3H3,(H,24,28). The maximum Gasteiger partial charge on any atom is 0.252 e. The molecular weight excluding hydrogens is 428 g/mol. The van der Waals surface area contributed by atoms with E-state index >= 15 is 0 Å². The van der Waals surface area contributed by atoms with Gasteiger partial charge in [0.05, 0.1) is 20.7 Å². The van der Waals surface area contributed by atoms with Gasteiger partial charge < -0.3 is 14.6 Å². The fraction of sp³-hybridized carbons (Fsp3) is 0.174. The number of benzene rings is 1. The number of pyridine rings is 1. The Hall–Kier alpha value is -3.23. The van der Waals surface area contributed by atoms with Crippen LogP contribution in [0.15, 0.2) is 48.9 Å². The van der Waals surface area contributed by atoms with Crippen molar-refractivity contribution in [2.24, 2.45) is 7.05 Å². The largest absolute Gasteiger partial charge is 0.456 e. The Labute approximate surface area is 187 Å². The Morgan fingerprint density at radius 3 is 2.77 bits per heavy atom. The van der Waals surface area contributed by atoms with Crippen LogP contribution in [0.25, 0.3) is 31.0 Å². The Balaban J connectivity index is 1.54. The average Bonchev–Trinajstić information content (AvgIpc) is 3.48. The zero-order valence-electron chi connectivity index (χ0n) is 17.3. The molecule has 0 aliphatic heterocycles.